The van der Waals surface area contributed by atoms with E-state index in [1.165, 1.54) is 0 Å². The molecule has 3 N–H and O–H groups in total. The van der Waals surface area contributed by atoms with Crippen molar-refractivity contribution in [2.45, 2.75) is 17.9 Å². The van der Waals surface area contributed by atoms with Gasteiger partial charge in [0.1, 0.15) is 5.75 Å². The maximum absolute atomic E-state index is 9.13. The molecule has 4 heteroatoms. The summed E-state index contributed by atoms with van der Waals surface area (Å²) in [6, 6.07) is 3.62. The van der Waals surface area contributed by atoms with Crippen LogP contribution in [0.15, 0.2) is 17.0 Å². The second kappa shape index (κ2) is 5.39. The summed E-state index contributed by atoms with van der Waals surface area (Å²) in [6.45, 7) is 1.89. The average molecular weight is 227 g/mol. The van der Waals surface area contributed by atoms with Crippen LogP contribution in [-0.4, -0.2) is 25.1 Å². The zero-order chi connectivity index (χ0) is 11.4. The fourth-order valence-corrected chi connectivity index (χ4v) is 2.25. The zero-order valence-corrected chi connectivity index (χ0v) is 10.1. The monoisotopic (exact) mass is 227 g/mol. The van der Waals surface area contributed by atoms with Crippen LogP contribution in [0, 0.1) is 6.92 Å². The molecule has 0 radical (unpaired) electrons. The van der Waals surface area contributed by atoms with Crippen molar-refractivity contribution < 1.29 is 9.84 Å². The van der Waals surface area contributed by atoms with Gasteiger partial charge in [-0.15, -0.1) is 11.8 Å². The number of hydrogen-bond acceptors (Lipinski definition) is 4. The minimum absolute atomic E-state index is 0.0760. The maximum atomic E-state index is 9.13. The smallest absolute Gasteiger partial charge is 0.127 e. The van der Waals surface area contributed by atoms with Crippen LogP contribution in [0.1, 0.15) is 17.2 Å². The lowest BCUT2D eigenvalue weighted by Gasteiger charge is -2.18. The van der Waals surface area contributed by atoms with Crippen molar-refractivity contribution in [1.29, 1.82) is 0 Å². The lowest BCUT2D eigenvalue weighted by atomic mass is 10.0. The van der Waals surface area contributed by atoms with Crippen LogP contribution in [0.4, 0.5) is 0 Å². The lowest BCUT2D eigenvalue weighted by Crippen LogP contribution is -2.17. The first-order valence-corrected chi connectivity index (χ1v) is 5.96. The van der Waals surface area contributed by atoms with Crippen LogP contribution >= 0.6 is 11.8 Å². The van der Waals surface area contributed by atoms with E-state index in [4.69, 9.17) is 15.6 Å². The zero-order valence-electron chi connectivity index (χ0n) is 9.28. The fraction of sp³-hybridized carbons (Fsp3) is 0.455. The van der Waals surface area contributed by atoms with Crippen LogP contribution in [0.3, 0.4) is 0 Å². The molecule has 1 unspecified atom stereocenters. The number of nitrogens with two attached hydrogens (primary N) is 1. The van der Waals surface area contributed by atoms with Crippen LogP contribution in [0.5, 0.6) is 5.75 Å². The average Bonchev–Trinajstić information content (AvgIpc) is 2.27. The molecule has 0 saturated heterocycles. The highest BCUT2D eigenvalue weighted by molar-refractivity contribution is 7.98. The molecule has 1 atom stereocenters. The Kier molecular flexibility index (Phi) is 4.45. The second-order valence-corrected chi connectivity index (χ2v) is 4.17. The number of methoxy groups -OCH3 is 1. The molecule has 15 heavy (non-hydrogen) atoms. The van der Waals surface area contributed by atoms with Crippen molar-refractivity contribution in [3.63, 3.8) is 0 Å². The summed E-state index contributed by atoms with van der Waals surface area (Å²) in [6.07, 6.45) is 1.98. The van der Waals surface area contributed by atoms with Crippen LogP contribution in [0.2, 0.25) is 0 Å². The maximum Gasteiger partial charge on any atom is 0.127 e. The van der Waals surface area contributed by atoms with Crippen molar-refractivity contribution in [2.24, 2.45) is 5.73 Å². The molecular formula is C11H17NO2S. The Morgan fingerprint density at radius 3 is 2.67 bits per heavy atom. The first kappa shape index (κ1) is 12.4. The summed E-state index contributed by atoms with van der Waals surface area (Å²) in [7, 11) is 1.63. The number of aliphatic hydroxyl groups excluding tert-OH is 1. The van der Waals surface area contributed by atoms with E-state index in [0.717, 1.165) is 21.8 Å². The third-order valence-electron chi connectivity index (χ3n) is 2.34. The molecule has 0 aliphatic carbocycles. The van der Waals surface area contributed by atoms with Crippen LogP contribution < -0.4 is 10.5 Å². The third kappa shape index (κ3) is 2.45. The summed E-state index contributed by atoms with van der Waals surface area (Å²) in [5, 5.41) is 9.13. The molecule has 0 aliphatic rings. The molecule has 1 rings (SSSR count). The summed E-state index contributed by atoms with van der Waals surface area (Å²) < 4.78 is 5.34. The van der Waals surface area contributed by atoms with E-state index in [-0.39, 0.29) is 12.6 Å². The first-order chi connectivity index (χ1) is 7.15. The number of benzene rings is 1. The number of rotatable bonds is 4. The molecule has 0 saturated carbocycles. The van der Waals surface area contributed by atoms with E-state index in [1.807, 2.05) is 25.3 Å². The van der Waals surface area contributed by atoms with Gasteiger partial charge >= 0.3 is 0 Å². The van der Waals surface area contributed by atoms with Gasteiger partial charge < -0.3 is 15.6 Å². The number of ether oxygens (including phenoxy) is 1. The first-order valence-electron chi connectivity index (χ1n) is 4.73. The predicted molar refractivity (Wildman–Crippen MR) is 63.5 cm³/mol. The summed E-state index contributed by atoms with van der Waals surface area (Å²) in [4.78, 5) is 1.05. The molecule has 3 nitrogen and oxygen atoms in total. The fourth-order valence-electron chi connectivity index (χ4n) is 1.58. The van der Waals surface area contributed by atoms with E-state index in [0.29, 0.717) is 0 Å². The highest BCUT2D eigenvalue weighted by Gasteiger charge is 2.17. The van der Waals surface area contributed by atoms with Crippen LogP contribution in [0.25, 0.3) is 0 Å². The SMILES string of the molecule is COc1c(C)ccc(SC)c1C(N)CO. The minimum atomic E-state index is -0.387. The molecule has 1 aromatic carbocycles. The van der Waals surface area contributed by atoms with Crippen LogP contribution in [-0.2, 0) is 0 Å². The minimum Gasteiger partial charge on any atom is -0.496 e. The van der Waals surface area contributed by atoms with Gasteiger partial charge in [-0.25, -0.2) is 0 Å². The van der Waals surface area contributed by atoms with Crippen molar-refractivity contribution >= 4 is 11.8 Å². The van der Waals surface area contributed by atoms with Gasteiger partial charge in [0.25, 0.3) is 0 Å². The van der Waals surface area contributed by atoms with Crippen molar-refractivity contribution in [3.8, 4) is 5.75 Å². The Morgan fingerprint density at radius 2 is 2.20 bits per heavy atom. The molecule has 0 bridgehead atoms. The van der Waals surface area contributed by atoms with Crippen molar-refractivity contribution in [1.82, 2.24) is 0 Å². The Hall–Kier alpha value is -0.710. The van der Waals surface area contributed by atoms with Crippen molar-refractivity contribution in [3.05, 3.63) is 23.3 Å². The molecule has 0 heterocycles. The standard InChI is InChI=1S/C11H17NO2S/c1-7-4-5-9(15-3)10(8(12)6-13)11(7)14-2/h4-5,8,13H,6,12H2,1-3H3. The van der Waals surface area contributed by atoms with Gasteiger partial charge in [-0.1, -0.05) is 6.07 Å². The Labute approximate surface area is 94.6 Å². The van der Waals surface area contributed by atoms with Crippen molar-refractivity contribution in [2.75, 3.05) is 20.0 Å². The topological polar surface area (TPSA) is 55.5 Å². The van der Waals surface area contributed by atoms with E-state index < -0.39 is 0 Å². The Morgan fingerprint density at radius 1 is 1.53 bits per heavy atom. The molecular weight excluding hydrogens is 210 g/mol. The Bertz CT molecular complexity index is 342. The normalized spacial score (nSPS) is 12.6. The molecule has 0 fully saturated rings. The molecule has 0 amide bonds. The largest absolute Gasteiger partial charge is 0.496 e. The molecule has 84 valence electrons. The second-order valence-electron chi connectivity index (χ2n) is 3.32. The molecule has 0 spiro atoms. The third-order valence-corrected chi connectivity index (χ3v) is 3.14. The molecule has 0 aliphatic heterocycles. The number of thioether (sulfide) groups is 1. The van der Waals surface area contributed by atoms with E-state index >= 15 is 0 Å². The predicted octanol–water partition coefficient (Wildman–Crippen LogP) is 1.72. The van der Waals surface area contributed by atoms with Gasteiger partial charge in [0.2, 0.25) is 0 Å². The van der Waals surface area contributed by atoms with Gasteiger partial charge in [0.15, 0.2) is 0 Å². The number of aryl methyl sites for hydroxylation is 1. The van der Waals surface area contributed by atoms with Gasteiger partial charge in [-0.2, -0.15) is 0 Å². The van der Waals surface area contributed by atoms with E-state index in [2.05, 4.69) is 0 Å². The number of aliphatic hydroxyl groups is 1. The highest BCUT2D eigenvalue weighted by atomic mass is 32.2. The van der Waals surface area contributed by atoms with E-state index in [1.54, 1.807) is 18.9 Å². The van der Waals surface area contributed by atoms with Gasteiger partial charge in [-0.3, -0.25) is 0 Å². The van der Waals surface area contributed by atoms with Gasteiger partial charge in [0, 0.05) is 10.5 Å². The van der Waals surface area contributed by atoms with E-state index in [9.17, 15) is 0 Å². The lowest BCUT2D eigenvalue weighted by molar-refractivity contribution is 0.263. The Balaban J connectivity index is 3.33. The molecule has 1 aromatic rings. The summed E-state index contributed by atoms with van der Waals surface area (Å²) in [5.41, 5.74) is 7.80. The summed E-state index contributed by atoms with van der Waals surface area (Å²) >= 11 is 1.61. The quantitative estimate of drug-likeness (QED) is 0.769. The molecule has 0 aromatic heterocycles. The van der Waals surface area contributed by atoms with Gasteiger partial charge in [0.05, 0.1) is 19.8 Å². The highest BCUT2D eigenvalue weighted by Crippen LogP contribution is 2.35. The number of hydrogen-bond donors (Lipinski definition) is 2. The van der Waals surface area contributed by atoms with Gasteiger partial charge in [-0.05, 0) is 24.8 Å². The summed E-state index contributed by atoms with van der Waals surface area (Å²) in [5.74, 6) is 0.781.